The van der Waals surface area contributed by atoms with Crippen LogP contribution in [0.15, 0.2) is 34.9 Å². The second kappa shape index (κ2) is 6.21. The van der Waals surface area contributed by atoms with Crippen molar-refractivity contribution in [2.45, 2.75) is 26.4 Å². The van der Waals surface area contributed by atoms with Crippen LogP contribution in [0.5, 0.6) is 0 Å². The molecule has 0 saturated carbocycles. The molecule has 0 saturated heterocycles. The van der Waals surface area contributed by atoms with Crippen molar-refractivity contribution in [3.8, 4) is 11.3 Å². The van der Waals surface area contributed by atoms with Gasteiger partial charge in [-0.15, -0.1) is 0 Å². The Labute approximate surface area is 120 Å². The number of halogens is 2. The predicted octanol–water partition coefficient (Wildman–Crippen LogP) is 3.54. The third kappa shape index (κ3) is 3.81. The largest absolute Gasteiger partial charge is 0.308 e. The first-order chi connectivity index (χ1) is 9.06. The Balaban J connectivity index is 2.29. The topological polar surface area (TPSA) is 37.8 Å². The van der Waals surface area contributed by atoms with Crippen molar-refractivity contribution in [3.05, 3.63) is 46.6 Å². The van der Waals surface area contributed by atoms with Gasteiger partial charge in [-0.1, -0.05) is 29.8 Å². The van der Waals surface area contributed by atoms with Gasteiger partial charge < -0.3 is 5.32 Å². The summed E-state index contributed by atoms with van der Waals surface area (Å²) in [5.74, 6) is 0.371. The molecule has 1 N–H and O–H groups in total. The molecule has 0 bridgehead atoms. The molecule has 0 spiro atoms. The molecule has 0 unspecified atom stereocenters. The minimum atomic E-state index is -0.287. The Kier molecular flexibility index (Phi) is 4.61. The van der Waals surface area contributed by atoms with E-state index in [0.29, 0.717) is 29.7 Å². The number of hydrogen-bond acceptors (Lipinski definition) is 3. The summed E-state index contributed by atoms with van der Waals surface area (Å²) in [6.45, 7) is 4.68. The maximum Gasteiger partial charge on any atom is 0.142 e. The summed E-state index contributed by atoms with van der Waals surface area (Å²) in [5.41, 5.74) is 1.07. The van der Waals surface area contributed by atoms with Crippen LogP contribution in [0, 0.1) is 5.82 Å². The second-order valence-corrected chi connectivity index (χ2v) is 5.43. The second-order valence-electron chi connectivity index (χ2n) is 4.52. The molecule has 1 heterocycles. The van der Waals surface area contributed by atoms with Crippen LogP contribution in [0.2, 0.25) is 0 Å². The van der Waals surface area contributed by atoms with Crippen LogP contribution in [0.25, 0.3) is 11.3 Å². The highest BCUT2D eigenvalue weighted by Gasteiger charge is 2.08. The highest BCUT2D eigenvalue weighted by molar-refractivity contribution is 9.10. The molecule has 0 fully saturated rings. The molecule has 0 aliphatic carbocycles. The SMILES string of the molecule is CC(C)NCc1nccc(-c2cc(Br)ccc2F)n1. The monoisotopic (exact) mass is 323 g/mol. The first-order valence-corrected chi connectivity index (χ1v) is 6.86. The molecule has 0 aliphatic rings. The number of aromatic nitrogens is 2. The van der Waals surface area contributed by atoms with E-state index in [2.05, 4.69) is 45.1 Å². The van der Waals surface area contributed by atoms with Gasteiger partial charge in [-0.3, -0.25) is 0 Å². The molecule has 3 nitrogen and oxygen atoms in total. The van der Waals surface area contributed by atoms with Gasteiger partial charge in [0, 0.05) is 22.3 Å². The molecule has 2 aromatic rings. The zero-order valence-corrected chi connectivity index (χ0v) is 12.4. The molecule has 19 heavy (non-hydrogen) atoms. The lowest BCUT2D eigenvalue weighted by Crippen LogP contribution is -2.23. The van der Waals surface area contributed by atoms with Gasteiger partial charge >= 0.3 is 0 Å². The summed E-state index contributed by atoms with van der Waals surface area (Å²) < 4.78 is 14.6. The van der Waals surface area contributed by atoms with Gasteiger partial charge in [0.2, 0.25) is 0 Å². The Morgan fingerprint density at radius 3 is 2.84 bits per heavy atom. The first kappa shape index (κ1) is 14.1. The van der Waals surface area contributed by atoms with Crippen LogP contribution in [-0.2, 0) is 6.54 Å². The summed E-state index contributed by atoms with van der Waals surface area (Å²) in [6.07, 6.45) is 1.65. The Morgan fingerprint density at radius 1 is 1.32 bits per heavy atom. The number of hydrogen-bond donors (Lipinski definition) is 1. The van der Waals surface area contributed by atoms with Crippen molar-refractivity contribution in [1.82, 2.24) is 15.3 Å². The first-order valence-electron chi connectivity index (χ1n) is 6.07. The minimum absolute atomic E-state index is 0.287. The van der Waals surface area contributed by atoms with E-state index in [-0.39, 0.29) is 5.82 Å². The lowest BCUT2D eigenvalue weighted by molar-refractivity contribution is 0.572. The molecule has 5 heteroatoms. The lowest BCUT2D eigenvalue weighted by Gasteiger charge is -2.08. The highest BCUT2D eigenvalue weighted by atomic mass is 79.9. The zero-order valence-electron chi connectivity index (χ0n) is 10.8. The number of rotatable bonds is 4. The van der Waals surface area contributed by atoms with Crippen LogP contribution in [0.3, 0.4) is 0 Å². The minimum Gasteiger partial charge on any atom is -0.308 e. The maximum atomic E-state index is 13.8. The van der Waals surface area contributed by atoms with E-state index in [1.165, 1.54) is 6.07 Å². The number of nitrogens with one attached hydrogen (secondary N) is 1. The van der Waals surface area contributed by atoms with E-state index in [4.69, 9.17) is 0 Å². The molecule has 100 valence electrons. The van der Waals surface area contributed by atoms with Crippen molar-refractivity contribution in [2.24, 2.45) is 0 Å². The van der Waals surface area contributed by atoms with E-state index >= 15 is 0 Å². The molecular formula is C14H15BrFN3. The summed E-state index contributed by atoms with van der Waals surface area (Å²) in [7, 11) is 0. The van der Waals surface area contributed by atoms with Gasteiger partial charge in [0.25, 0.3) is 0 Å². The Hall–Kier alpha value is -1.33. The van der Waals surface area contributed by atoms with Crippen LogP contribution in [-0.4, -0.2) is 16.0 Å². The lowest BCUT2D eigenvalue weighted by atomic mass is 10.1. The molecule has 1 aromatic heterocycles. The van der Waals surface area contributed by atoms with Crippen LogP contribution >= 0.6 is 15.9 Å². The van der Waals surface area contributed by atoms with Gasteiger partial charge in [0.1, 0.15) is 11.6 Å². The molecular weight excluding hydrogens is 309 g/mol. The number of nitrogens with zero attached hydrogens (tertiary/aromatic N) is 2. The summed E-state index contributed by atoms with van der Waals surface area (Å²) in [6, 6.07) is 6.88. The van der Waals surface area contributed by atoms with Crippen LogP contribution < -0.4 is 5.32 Å². The standard InChI is InChI=1S/C14H15BrFN3/c1-9(2)18-8-14-17-6-5-13(19-14)11-7-10(15)3-4-12(11)16/h3-7,9,18H,8H2,1-2H3. The average molecular weight is 324 g/mol. The molecule has 0 amide bonds. The number of benzene rings is 1. The third-order valence-corrected chi connectivity index (χ3v) is 3.07. The van der Waals surface area contributed by atoms with E-state index in [1.807, 2.05) is 0 Å². The Bertz CT molecular complexity index is 572. The smallest absolute Gasteiger partial charge is 0.142 e. The van der Waals surface area contributed by atoms with Gasteiger partial charge in [0.15, 0.2) is 0 Å². The predicted molar refractivity (Wildman–Crippen MR) is 77.1 cm³/mol. The summed E-state index contributed by atoms with van der Waals surface area (Å²) in [4.78, 5) is 8.56. The van der Waals surface area contributed by atoms with Crippen LogP contribution in [0.1, 0.15) is 19.7 Å². The quantitative estimate of drug-likeness (QED) is 0.935. The average Bonchev–Trinajstić information content (AvgIpc) is 2.39. The maximum absolute atomic E-state index is 13.8. The third-order valence-electron chi connectivity index (χ3n) is 2.58. The fourth-order valence-corrected chi connectivity index (χ4v) is 1.98. The van der Waals surface area contributed by atoms with Crippen molar-refractivity contribution in [3.63, 3.8) is 0 Å². The molecule has 0 atom stereocenters. The fourth-order valence-electron chi connectivity index (χ4n) is 1.62. The van der Waals surface area contributed by atoms with Gasteiger partial charge in [-0.05, 0) is 24.3 Å². The van der Waals surface area contributed by atoms with E-state index in [1.54, 1.807) is 24.4 Å². The van der Waals surface area contributed by atoms with Crippen molar-refractivity contribution in [1.29, 1.82) is 0 Å². The van der Waals surface area contributed by atoms with Gasteiger partial charge in [-0.2, -0.15) is 0 Å². The Morgan fingerprint density at radius 2 is 2.11 bits per heavy atom. The van der Waals surface area contributed by atoms with E-state index in [0.717, 1.165) is 4.47 Å². The molecule has 1 aromatic carbocycles. The van der Waals surface area contributed by atoms with Gasteiger partial charge in [0.05, 0.1) is 12.2 Å². The summed E-state index contributed by atoms with van der Waals surface area (Å²) >= 11 is 3.34. The normalized spacial score (nSPS) is 11.0. The molecule has 0 radical (unpaired) electrons. The van der Waals surface area contributed by atoms with E-state index < -0.39 is 0 Å². The van der Waals surface area contributed by atoms with E-state index in [9.17, 15) is 4.39 Å². The zero-order chi connectivity index (χ0) is 13.8. The van der Waals surface area contributed by atoms with Gasteiger partial charge in [-0.25, -0.2) is 14.4 Å². The van der Waals surface area contributed by atoms with Crippen molar-refractivity contribution >= 4 is 15.9 Å². The van der Waals surface area contributed by atoms with Crippen LogP contribution in [0.4, 0.5) is 4.39 Å². The fraction of sp³-hybridized carbons (Fsp3) is 0.286. The van der Waals surface area contributed by atoms with Crippen molar-refractivity contribution < 1.29 is 4.39 Å². The molecule has 0 aliphatic heterocycles. The summed E-state index contributed by atoms with van der Waals surface area (Å²) in [5, 5.41) is 3.24. The molecule has 2 rings (SSSR count). The highest BCUT2D eigenvalue weighted by Crippen LogP contribution is 2.24. The van der Waals surface area contributed by atoms with Crippen molar-refractivity contribution in [2.75, 3.05) is 0 Å².